The zero-order chi connectivity index (χ0) is 17.1. The predicted molar refractivity (Wildman–Crippen MR) is 98.8 cm³/mol. The molecule has 0 spiro atoms. The summed E-state index contributed by atoms with van der Waals surface area (Å²) >= 11 is 0. The van der Waals surface area contributed by atoms with Crippen LogP contribution in [0.15, 0.2) is 61.2 Å². The molecule has 0 fully saturated rings. The molecule has 0 aliphatic rings. The highest BCUT2D eigenvalue weighted by atomic mass is 15.0. The van der Waals surface area contributed by atoms with E-state index in [4.69, 9.17) is 5.73 Å². The van der Waals surface area contributed by atoms with Gasteiger partial charge in [0.1, 0.15) is 11.5 Å². The van der Waals surface area contributed by atoms with Gasteiger partial charge < -0.3 is 16.0 Å². The third kappa shape index (κ3) is 3.20. The Hall–Kier alpha value is -3.25. The van der Waals surface area contributed by atoms with Crippen LogP contribution in [0.2, 0.25) is 0 Å². The first-order chi connectivity index (χ1) is 12.3. The summed E-state index contributed by atoms with van der Waals surface area (Å²) < 4.78 is 0. The second-order valence-corrected chi connectivity index (χ2v) is 5.76. The normalized spacial score (nSPS) is 10.9. The number of anilines is 1. The minimum atomic E-state index is 0.488. The highest BCUT2D eigenvalue weighted by Crippen LogP contribution is 2.28. The standard InChI is InChI=1S/C19H18N6/c20-10-14-1-2-17(23-12-14)16-9-18(25-19-15(16)5-8-22-19)24-11-13-3-6-21-7-4-13/h1-9,12H,10-11,20H2,(H2,22,24,25). The van der Waals surface area contributed by atoms with Crippen LogP contribution >= 0.6 is 0 Å². The van der Waals surface area contributed by atoms with Crippen LogP contribution in [-0.2, 0) is 13.1 Å². The third-order valence-corrected chi connectivity index (χ3v) is 4.09. The van der Waals surface area contributed by atoms with Gasteiger partial charge in [-0.2, -0.15) is 0 Å². The number of nitrogens with zero attached hydrogens (tertiary/aromatic N) is 3. The van der Waals surface area contributed by atoms with E-state index >= 15 is 0 Å². The first kappa shape index (κ1) is 15.3. The Balaban J connectivity index is 1.69. The van der Waals surface area contributed by atoms with Gasteiger partial charge >= 0.3 is 0 Å². The van der Waals surface area contributed by atoms with Gasteiger partial charge in [-0.05, 0) is 41.5 Å². The molecule has 0 unspecified atom stereocenters. The van der Waals surface area contributed by atoms with Crippen LogP contribution in [0.5, 0.6) is 0 Å². The largest absolute Gasteiger partial charge is 0.366 e. The summed E-state index contributed by atoms with van der Waals surface area (Å²) in [5.41, 5.74) is 10.6. The number of aromatic amines is 1. The van der Waals surface area contributed by atoms with Gasteiger partial charge in [-0.1, -0.05) is 6.07 Å². The Bertz CT molecular complexity index is 976. The highest BCUT2D eigenvalue weighted by molar-refractivity contribution is 5.93. The fourth-order valence-corrected chi connectivity index (χ4v) is 2.74. The molecule has 0 radical (unpaired) electrons. The summed E-state index contributed by atoms with van der Waals surface area (Å²) in [6.07, 6.45) is 7.28. The maximum atomic E-state index is 5.66. The summed E-state index contributed by atoms with van der Waals surface area (Å²) in [6.45, 7) is 1.17. The van der Waals surface area contributed by atoms with Crippen molar-refractivity contribution in [3.8, 4) is 11.3 Å². The number of aromatic nitrogens is 4. The molecule has 0 aromatic carbocycles. The van der Waals surface area contributed by atoms with Gasteiger partial charge in [0.15, 0.2) is 0 Å². The lowest BCUT2D eigenvalue weighted by Crippen LogP contribution is -2.02. The smallest absolute Gasteiger partial charge is 0.140 e. The van der Waals surface area contributed by atoms with Crippen molar-refractivity contribution in [1.29, 1.82) is 0 Å². The molecule has 0 aliphatic carbocycles. The molecule has 0 amide bonds. The lowest BCUT2D eigenvalue weighted by Gasteiger charge is -2.09. The van der Waals surface area contributed by atoms with E-state index in [0.29, 0.717) is 13.1 Å². The van der Waals surface area contributed by atoms with Crippen molar-refractivity contribution in [3.05, 3.63) is 72.3 Å². The molecule has 4 heterocycles. The van der Waals surface area contributed by atoms with Crippen molar-refractivity contribution in [3.63, 3.8) is 0 Å². The van der Waals surface area contributed by atoms with Crippen LogP contribution in [0.1, 0.15) is 11.1 Å². The molecular weight excluding hydrogens is 312 g/mol. The first-order valence-electron chi connectivity index (χ1n) is 8.10. The van der Waals surface area contributed by atoms with Gasteiger partial charge in [-0.25, -0.2) is 4.98 Å². The number of H-pyrrole nitrogens is 1. The van der Waals surface area contributed by atoms with Crippen molar-refractivity contribution in [1.82, 2.24) is 19.9 Å². The van der Waals surface area contributed by atoms with Crippen molar-refractivity contribution in [2.75, 3.05) is 5.32 Å². The zero-order valence-corrected chi connectivity index (χ0v) is 13.6. The monoisotopic (exact) mass is 330 g/mol. The molecular formula is C19H18N6. The van der Waals surface area contributed by atoms with Crippen LogP contribution in [0.3, 0.4) is 0 Å². The van der Waals surface area contributed by atoms with Gasteiger partial charge in [0.05, 0.1) is 5.69 Å². The fraction of sp³-hybridized carbons (Fsp3) is 0.105. The first-order valence-corrected chi connectivity index (χ1v) is 8.10. The Morgan fingerprint density at radius 2 is 1.92 bits per heavy atom. The van der Waals surface area contributed by atoms with Gasteiger partial charge in [0, 0.05) is 48.8 Å². The van der Waals surface area contributed by atoms with E-state index in [1.807, 2.05) is 48.8 Å². The van der Waals surface area contributed by atoms with E-state index in [1.165, 1.54) is 0 Å². The highest BCUT2D eigenvalue weighted by Gasteiger charge is 2.10. The number of hydrogen-bond acceptors (Lipinski definition) is 5. The summed E-state index contributed by atoms with van der Waals surface area (Å²) in [4.78, 5) is 16.4. The van der Waals surface area contributed by atoms with Crippen molar-refractivity contribution >= 4 is 16.9 Å². The molecule has 0 saturated carbocycles. The molecule has 0 saturated heterocycles. The summed E-state index contributed by atoms with van der Waals surface area (Å²) in [7, 11) is 0. The second kappa shape index (κ2) is 6.70. The molecule has 4 rings (SSSR count). The minimum Gasteiger partial charge on any atom is -0.366 e. The van der Waals surface area contributed by atoms with Crippen molar-refractivity contribution < 1.29 is 0 Å². The molecule has 0 bridgehead atoms. The molecule has 0 atom stereocenters. The molecule has 0 aliphatic heterocycles. The van der Waals surface area contributed by atoms with E-state index in [9.17, 15) is 0 Å². The van der Waals surface area contributed by atoms with Gasteiger partial charge in [-0.3, -0.25) is 9.97 Å². The molecule has 4 aromatic heterocycles. The van der Waals surface area contributed by atoms with Gasteiger partial charge in [0.2, 0.25) is 0 Å². The summed E-state index contributed by atoms with van der Waals surface area (Å²) in [6, 6.07) is 12.0. The van der Waals surface area contributed by atoms with Gasteiger partial charge in [-0.15, -0.1) is 0 Å². The fourth-order valence-electron chi connectivity index (χ4n) is 2.74. The molecule has 4 N–H and O–H groups in total. The SMILES string of the molecule is NCc1ccc(-c2cc(NCc3ccncc3)nc3[nH]ccc23)nc1. The molecule has 4 aromatic rings. The third-order valence-electron chi connectivity index (χ3n) is 4.09. The number of nitrogens with one attached hydrogen (secondary N) is 2. The van der Waals surface area contributed by atoms with E-state index < -0.39 is 0 Å². The number of pyridine rings is 3. The van der Waals surface area contributed by atoms with Crippen LogP contribution in [-0.4, -0.2) is 19.9 Å². The lowest BCUT2D eigenvalue weighted by molar-refractivity contribution is 1.05. The van der Waals surface area contributed by atoms with Crippen molar-refractivity contribution in [2.45, 2.75) is 13.1 Å². The maximum absolute atomic E-state index is 5.66. The van der Waals surface area contributed by atoms with Crippen LogP contribution in [0.25, 0.3) is 22.3 Å². The number of hydrogen-bond donors (Lipinski definition) is 3. The van der Waals surface area contributed by atoms with Crippen molar-refractivity contribution in [2.24, 2.45) is 5.73 Å². The lowest BCUT2D eigenvalue weighted by atomic mass is 10.1. The Morgan fingerprint density at radius 1 is 1.04 bits per heavy atom. The predicted octanol–water partition coefficient (Wildman–Crippen LogP) is 3.09. The average Bonchev–Trinajstić information content (AvgIpc) is 3.15. The Morgan fingerprint density at radius 3 is 2.68 bits per heavy atom. The van der Waals surface area contributed by atoms with E-state index in [2.05, 4.69) is 25.3 Å². The topological polar surface area (TPSA) is 92.5 Å². The number of rotatable bonds is 5. The average molecular weight is 330 g/mol. The summed E-state index contributed by atoms with van der Waals surface area (Å²) in [5.74, 6) is 0.798. The van der Waals surface area contributed by atoms with Crippen LogP contribution < -0.4 is 11.1 Å². The molecule has 6 nitrogen and oxygen atoms in total. The van der Waals surface area contributed by atoms with Crippen LogP contribution in [0.4, 0.5) is 5.82 Å². The zero-order valence-electron chi connectivity index (χ0n) is 13.6. The summed E-state index contributed by atoms with van der Waals surface area (Å²) in [5, 5.41) is 4.41. The molecule has 25 heavy (non-hydrogen) atoms. The number of nitrogens with two attached hydrogens (primary N) is 1. The minimum absolute atomic E-state index is 0.488. The quantitative estimate of drug-likeness (QED) is 0.523. The van der Waals surface area contributed by atoms with E-state index in [-0.39, 0.29) is 0 Å². The Labute approximate surface area is 145 Å². The maximum Gasteiger partial charge on any atom is 0.140 e. The van der Waals surface area contributed by atoms with E-state index in [1.54, 1.807) is 12.4 Å². The van der Waals surface area contributed by atoms with Gasteiger partial charge in [0.25, 0.3) is 0 Å². The second-order valence-electron chi connectivity index (χ2n) is 5.76. The van der Waals surface area contributed by atoms with Crippen LogP contribution in [0, 0.1) is 0 Å². The Kier molecular flexibility index (Phi) is 4.10. The molecule has 6 heteroatoms. The molecule has 124 valence electrons. The number of fused-ring (bicyclic) bond motifs is 1. The van der Waals surface area contributed by atoms with E-state index in [0.717, 1.165) is 39.2 Å².